The van der Waals surface area contributed by atoms with E-state index >= 15 is 0 Å². The number of hydrogen-bond acceptors (Lipinski definition) is 5. The Balaban J connectivity index is 1.14. The third kappa shape index (κ3) is 4.49. The molecule has 0 bridgehead atoms. The fraction of sp³-hybridized carbons (Fsp3) is 0.222. The molecule has 5 aromatic rings. The Bertz CT molecular complexity index is 1540. The van der Waals surface area contributed by atoms with Crippen LogP contribution in [0.15, 0.2) is 71.3 Å². The summed E-state index contributed by atoms with van der Waals surface area (Å²) in [5, 5.41) is 9.87. The molecule has 0 unspecified atom stereocenters. The van der Waals surface area contributed by atoms with E-state index in [9.17, 15) is 4.79 Å². The van der Waals surface area contributed by atoms with E-state index in [4.69, 9.17) is 16.6 Å². The van der Waals surface area contributed by atoms with Crippen LogP contribution in [0.3, 0.4) is 0 Å². The van der Waals surface area contributed by atoms with Crippen molar-refractivity contribution < 1.29 is 4.79 Å². The molecule has 1 aliphatic heterocycles. The summed E-state index contributed by atoms with van der Waals surface area (Å²) in [5.41, 5.74) is 2.41. The summed E-state index contributed by atoms with van der Waals surface area (Å²) >= 11 is 11.6. The number of nitrogens with zero attached hydrogens (tertiary/aromatic N) is 4. The van der Waals surface area contributed by atoms with E-state index < -0.39 is 0 Å². The zero-order chi connectivity index (χ0) is 24.6. The molecule has 182 valence electrons. The van der Waals surface area contributed by atoms with Gasteiger partial charge in [0.05, 0.1) is 21.2 Å². The van der Waals surface area contributed by atoms with E-state index in [0.29, 0.717) is 10.9 Å². The van der Waals surface area contributed by atoms with Gasteiger partial charge in [-0.2, -0.15) is 9.61 Å². The molecular formula is C27H23BrClN5OS. The van der Waals surface area contributed by atoms with Crippen molar-refractivity contribution in [2.24, 2.45) is 5.92 Å². The second-order valence-corrected chi connectivity index (χ2v) is 11.3. The summed E-state index contributed by atoms with van der Waals surface area (Å²) in [6.07, 6.45) is 3.66. The third-order valence-corrected chi connectivity index (χ3v) is 8.68. The van der Waals surface area contributed by atoms with Gasteiger partial charge in [0.25, 0.3) is 5.91 Å². The van der Waals surface area contributed by atoms with Gasteiger partial charge in [0.2, 0.25) is 0 Å². The molecule has 0 radical (unpaired) electrons. The number of hydrogen-bond donors (Lipinski definition) is 1. The Morgan fingerprint density at radius 3 is 2.69 bits per heavy atom. The standard InChI is InChI=1S/C27H23BrClN5OS/c28-20-16-31-34-25(14-22(32-26(20)34)19-6-2-3-7-21(19)29)30-15-17-9-11-33(12-10-17)27(35)24-13-18-5-1-4-8-23(18)36-24/h1-8,13-14,16-17,30H,9-12,15H2. The molecule has 0 atom stereocenters. The first-order valence-electron chi connectivity index (χ1n) is 11.9. The monoisotopic (exact) mass is 579 g/mol. The number of rotatable bonds is 5. The van der Waals surface area contributed by atoms with Gasteiger partial charge in [-0.3, -0.25) is 4.79 Å². The summed E-state index contributed by atoms with van der Waals surface area (Å²) in [7, 11) is 0. The molecule has 4 heterocycles. The van der Waals surface area contributed by atoms with Crippen molar-refractivity contribution in [1.82, 2.24) is 19.5 Å². The smallest absolute Gasteiger partial charge is 0.263 e. The van der Waals surface area contributed by atoms with Gasteiger partial charge in [-0.25, -0.2) is 4.98 Å². The molecule has 36 heavy (non-hydrogen) atoms. The average molecular weight is 581 g/mol. The maximum Gasteiger partial charge on any atom is 0.263 e. The summed E-state index contributed by atoms with van der Waals surface area (Å²) in [4.78, 5) is 20.7. The molecule has 1 fully saturated rings. The van der Waals surface area contributed by atoms with Crippen molar-refractivity contribution in [3.63, 3.8) is 0 Å². The van der Waals surface area contributed by atoms with Crippen LogP contribution in [0.5, 0.6) is 0 Å². The largest absolute Gasteiger partial charge is 0.370 e. The van der Waals surface area contributed by atoms with Gasteiger partial charge in [0.15, 0.2) is 5.65 Å². The molecule has 1 saturated heterocycles. The van der Waals surface area contributed by atoms with Crippen molar-refractivity contribution in [2.75, 3.05) is 25.0 Å². The molecule has 2 aromatic carbocycles. The van der Waals surface area contributed by atoms with Crippen LogP contribution in [0, 0.1) is 5.92 Å². The van der Waals surface area contributed by atoms with Gasteiger partial charge in [-0.1, -0.05) is 48.0 Å². The molecule has 9 heteroatoms. The van der Waals surface area contributed by atoms with Crippen LogP contribution < -0.4 is 5.32 Å². The van der Waals surface area contributed by atoms with Crippen LogP contribution in [0.2, 0.25) is 5.02 Å². The number of aromatic nitrogens is 3. The van der Waals surface area contributed by atoms with E-state index in [2.05, 4.69) is 38.5 Å². The molecule has 6 rings (SSSR count). The van der Waals surface area contributed by atoms with Crippen LogP contribution in [0.4, 0.5) is 5.82 Å². The predicted molar refractivity (Wildman–Crippen MR) is 150 cm³/mol. The number of halogens is 2. The van der Waals surface area contributed by atoms with E-state index in [1.54, 1.807) is 17.5 Å². The van der Waals surface area contributed by atoms with Crippen LogP contribution in [-0.2, 0) is 0 Å². The number of carbonyl (C=O) groups is 1. The maximum atomic E-state index is 13.1. The number of nitrogens with one attached hydrogen (secondary N) is 1. The SMILES string of the molecule is O=C(c1cc2ccccc2s1)N1CCC(CNc2cc(-c3ccccc3Cl)nc3c(Br)cnn23)CC1. The van der Waals surface area contributed by atoms with Crippen molar-refractivity contribution in [1.29, 1.82) is 0 Å². The van der Waals surface area contributed by atoms with E-state index in [1.807, 2.05) is 57.9 Å². The molecule has 0 saturated carbocycles. The first-order valence-corrected chi connectivity index (χ1v) is 13.9. The molecule has 1 aliphatic rings. The zero-order valence-corrected chi connectivity index (χ0v) is 22.5. The lowest BCUT2D eigenvalue weighted by Crippen LogP contribution is -2.39. The lowest BCUT2D eigenvalue weighted by atomic mass is 9.96. The van der Waals surface area contributed by atoms with Gasteiger partial charge in [0.1, 0.15) is 5.82 Å². The Morgan fingerprint density at radius 2 is 1.89 bits per heavy atom. The lowest BCUT2D eigenvalue weighted by molar-refractivity contribution is 0.0700. The summed E-state index contributed by atoms with van der Waals surface area (Å²) < 4.78 is 3.79. The van der Waals surface area contributed by atoms with E-state index in [-0.39, 0.29) is 5.91 Å². The Hall–Kier alpha value is -2.94. The van der Waals surface area contributed by atoms with Crippen molar-refractivity contribution in [3.05, 3.63) is 81.2 Å². The summed E-state index contributed by atoms with van der Waals surface area (Å²) in [6, 6.07) is 19.9. The molecule has 1 amide bonds. The van der Waals surface area contributed by atoms with Crippen LogP contribution in [0.1, 0.15) is 22.5 Å². The van der Waals surface area contributed by atoms with Crippen molar-refractivity contribution >= 4 is 66.3 Å². The van der Waals surface area contributed by atoms with Crippen molar-refractivity contribution in [3.8, 4) is 11.3 Å². The number of fused-ring (bicyclic) bond motifs is 2. The number of piperidine rings is 1. The third-order valence-electron chi connectivity index (χ3n) is 6.69. The number of likely N-dealkylation sites (tertiary alicyclic amines) is 1. The molecule has 0 aliphatic carbocycles. The van der Waals surface area contributed by atoms with Gasteiger partial charge in [-0.15, -0.1) is 11.3 Å². The van der Waals surface area contributed by atoms with Gasteiger partial charge >= 0.3 is 0 Å². The maximum absolute atomic E-state index is 13.1. The minimum Gasteiger partial charge on any atom is -0.370 e. The van der Waals surface area contributed by atoms with Gasteiger partial charge in [-0.05, 0) is 58.3 Å². The van der Waals surface area contributed by atoms with Gasteiger partial charge < -0.3 is 10.2 Å². The predicted octanol–water partition coefficient (Wildman–Crippen LogP) is 6.99. The van der Waals surface area contributed by atoms with Crippen LogP contribution in [-0.4, -0.2) is 45.0 Å². The average Bonchev–Trinajstić information content (AvgIpc) is 3.51. The molecule has 1 N–H and O–H groups in total. The second kappa shape index (κ2) is 9.84. The fourth-order valence-corrected chi connectivity index (χ4v) is 6.31. The highest BCUT2D eigenvalue weighted by atomic mass is 79.9. The van der Waals surface area contributed by atoms with Gasteiger partial charge in [0, 0.05) is 41.0 Å². The number of carbonyl (C=O) groups excluding carboxylic acids is 1. The lowest BCUT2D eigenvalue weighted by Gasteiger charge is -2.32. The van der Waals surface area contributed by atoms with E-state index in [0.717, 1.165) is 74.6 Å². The first-order chi connectivity index (χ1) is 17.6. The highest BCUT2D eigenvalue weighted by molar-refractivity contribution is 9.10. The summed E-state index contributed by atoms with van der Waals surface area (Å²) in [5.74, 6) is 1.47. The number of benzene rings is 2. The van der Waals surface area contributed by atoms with E-state index in [1.165, 1.54) is 0 Å². The second-order valence-electron chi connectivity index (χ2n) is 9.00. The minimum absolute atomic E-state index is 0.143. The molecule has 6 nitrogen and oxygen atoms in total. The quantitative estimate of drug-likeness (QED) is 0.243. The number of amides is 1. The fourth-order valence-electron chi connectivity index (χ4n) is 4.70. The Kier molecular flexibility index (Phi) is 6.41. The molecule has 0 spiro atoms. The van der Waals surface area contributed by atoms with Crippen LogP contribution >= 0.6 is 38.9 Å². The van der Waals surface area contributed by atoms with Crippen LogP contribution in [0.25, 0.3) is 27.0 Å². The highest BCUT2D eigenvalue weighted by Gasteiger charge is 2.25. The number of anilines is 1. The summed E-state index contributed by atoms with van der Waals surface area (Å²) in [6.45, 7) is 2.33. The zero-order valence-electron chi connectivity index (χ0n) is 19.3. The Morgan fingerprint density at radius 1 is 1.11 bits per heavy atom. The topological polar surface area (TPSA) is 62.5 Å². The van der Waals surface area contributed by atoms with Crippen molar-refractivity contribution in [2.45, 2.75) is 12.8 Å². The Labute approximate surface area is 226 Å². The molecular weight excluding hydrogens is 558 g/mol. The normalized spacial score (nSPS) is 14.6. The molecule has 3 aromatic heterocycles. The minimum atomic E-state index is 0.143. The first kappa shape index (κ1) is 23.5. The number of thiophene rings is 1. The highest BCUT2D eigenvalue weighted by Crippen LogP contribution is 2.31.